The average molecular weight is 132 g/mol. The molecular weight excluding hydrogens is 122 g/mol. The second-order valence-electron chi connectivity index (χ2n) is 3.00. The highest BCUT2D eigenvalue weighted by molar-refractivity contribution is 5.25. The van der Waals surface area contributed by atoms with Crippen molar-refractivity contribution in [1.82, 2.24) is 4.98 Å². The van der Waals surface area contributed by atoms with E-state index in [4.69, 9.17) is 0 Å². The predicted octanol–water partition coefficient (Wildman–Crippen LogP) is 1.95. The molecule has 1 aliphatic rings. The quantitative estimate of drug-likeness (QED) is 0.569. The summed E-state index contributed by atoms with van der Waals surface area (Å²) in [4.78, 5) is 4.25. The molecule has 2 rings (SSSR count). The summed E-state index contributed by atoms with van der Waals surface area (Å²) in [6, 6.07) is 6.02. The Balaban J connectivity index is 2.35. The van der Waals surface area contributed by atoms with Gasteiger partial charge in [0.15, 0.2) is 0 Å². The van der Waals surface area contributed by atoms with E-state index in [9.17, 15) is 0 Å². The van der Waals surface area contributed by atoms with Crippen molar-refractivity contribution in [1.29, 1.82) is 0 Å². The van der Waals surface area contributed by atoms with Crippen LogP contribution in [0.2, 0.25) is 0 Å². The monoisotopic (exact) mass is 132 g/mol. The molecule has 10 heavy (non-hydrogen) atoms. The van der Waals surface area contributed by atoms with E-state index in [0.29, 0.717) is 0 Å². The molecule has 0 aromatic carbocycles. The smallest absolute Gasteiger partial charge is 0.0465 e. The number of hydrogen-bond acceptors (Lipinski definition) is 1. The fourth-order valence-electron chi connectivity index (χ4n) is 1.08. The molecule has 51 valence electrons. The molecule has 0 N–H and O–H groups in total. The van der Waals surface area contributed by atoms with E-state index < -0.39 is 0 Å². The van der Waals surface area contributed by atoms with Gasteiger partial charge in [-0.15, -0.1) is 0 Å². The third-order valence-corrected chi connectivity index (χ3v) is 2.06. The summed E-state index contributed by atoms with van der Waals surface area (Å²) in [6.45, 7) is 4.09. The highest BCUT2D eigenvalue weighted by Gasteiger charge is 2.40. The van der Waals surface area contributed by atoms with Crippen LogP contribution in [-0.4, -0.2) is 4.98 Å². The Bertz CT molecular complexity index is 224. The van der Waals surface area contributed by atoms with E-state index in [1.54, 1.807) is 0 Å². The first-order chi connectivity index (χ1) is 4.81. The van der Waals surface area contributed by atoms with Crippen LogP contribution in [0.5, 0.6) is 0 Å². The first-order valence-corrected chi connectivity index (χ1v) is 3.58. The van der Waals surface area contributed by atoms with Gasteiger partial charge in [0.05, 0.1) is 0 Å². The molecule has 0 atom stereocenters. The molecule has 0 saturated heterocycles. The van der Waals surface area contributed by atoms with Crippen molar-refractivity contribution in [3.8, 4) is 0 Å². The van der Waals surface area contributed by atoms with E-state index in [-0.39, 0.29) is 5.41 Å². The fourth-order valence-corrected chi connectivity index (χ4v) is 1.08. The van der Waals surface area contributed by atoms with E-state index in [1.165, 1.54) is 12.8 Å². The van der Waals surface area contributed by atoms with Crippen LogP contribution < -0.4 is 0 Å². The van der Waals surface area contributed by atoms with E-state index >= 15 is 0 Å². The minimum absolute atomic E-state index is 0.182. The number of pyridine rings is 1. The lowest BCUT2D eigenvalue weighted by Gasteiger charge is -2.04. The lowest BCUT2D eigenvalue weighted by atomic mass is 10.1. The first-order valence-electron chi connectivity index (χ1n) is 3.58. The Morgan fingerprint density at radius 3 is 2.70 bits per heavy atom. The van der Waals surface area contributed by atoms with Crippen molar-refractivity contribution in [2.45, 2.75) is 18.3 Å². The summed E-state index contributed by atoms with van der Waals surface area (Å²) >= 11 is 0. The van der Waals surface area contributed by atoms with Gasteiger partial charge in [0.25, 0.3) is 0 Å². The normalized spacial score (nSPS) is 20.5. The van der Waals surface area contributed by atoms with Crippen molar-refractivity contribution >= 4 is 0 Å². The Labute approximate surface area is 61.1 Å². The number of aromatic nitrogens is 1. The predicted molar refractivity (Wildman–Crippen MR) is 40.5 cm³/mol. The van der Waals surface area contributed by atoms with Crippen molar-refractivity contribution < 1.29 is 0 Å². The van der Waals surface area contributed by atoms with Gasteiger partial charge in [-0.2, -0.15) is 0 Å². The van der Waals surface area contributed by atoms with Crippen LogP contribution >= 0.6 is 0 Å². The second-order valence-corrected chi connectivity index (χ2v) is 3.00. The summed E-state index contributed by atoms with van der Waals surface area (Å²) in [7, 11) is 0. The standard InChI is InChI=1S/C9H10N/c1-9(5-6-9)8-4-2-3-7-10-8/h2-4,7H,1,5-6H2. The molecule has 0 unspecified atom stereocenters. The number of rotatable bonds is 1. The van der Waals surface area contributed by atoms with Gasteiger partial charge in [-0.05, 0) is 31.9 Å². The minimum atomic E-state index is 0.182. The third-order valence-electron chi connectivity index (χ3n) is 2.06. The summed E-state index contributed by atoms with van der Waals surface area (Å²) in [5.74, 6) is 0. The third kappa shape index (κ3) is 0.821. The summed E-state index contributed by atoms with van der Waals surface area (Å²) in [5.41, 5.74) is 1.33. The Hall–Kier alpha value is -0.850. The fraction of sp³-hybridized carbons (Fsp3) is 0.333. The van der Waals surface area contributed by atoms with Crippen molar-refractivity contribution in [2.75, 3.05) is 0 Å². The molecule has 1 saturated carbocycles. The van der Waals surface area contributed by atoms with Gasteiger partial charge in [-0.3, -0.25) is 4.98 Å². The molecule has 1 radical (unpaired) electrons. The molecule has 0 amide bonds. The lowest BCUT2D eigenvalue weighted by Crippen LogP contribution is -2.01. The molecule has 1 aliphatic carbocycles. The van der Waals surface area contributed by atoms with Crippen molar-refractivity contribution in [2.24, 2.45) is 0 Å². The molecule has 1 heteroatoms. The van der Waals surface area contributed by atoms with Gasteiger partial charge in [0.1, 0.15) is 0 Å². The molecule has 1 aromatic heterocycles. The SMILES string of the molecule is [CH2]C1(c2ccccn2)CC1. The van der Waals surface area contributed by atoms with Crippen LogP contribution in [0.1, 0.15) is 18.5 Å². The highest BCUT2D eigenvalue weighted by Crippen LogP contribution is 2.45. The van der Waals surface area contributed by atoms with E-state index in [0.717, 1.165) is 5.69 Å². The summed E-state index contributed by atoms with van der Waals surface area (Å²) < 4.78 is 0. The highest BCUT2D eigenvalue weighted by atomic mass is 14.7. The van der Waals surface area contributed by atoms with E-state index in [2.05, 4.69) is 18.0 Å². The van der Waals surface area contributed by atoms with Crippen molar-refractivity contribution in [3.05, 3.63) is 37.0 Å². The average Bonchev–Trinajstić information content (AvgIpc) is 2.72. The second kappa shape index (κ2) is 1.82. The Morgan fingerprint density at radius 2 is 2.20 bits per heavy atom. The Morgan fingerprint density at radius 1 is 1.40 bits per heavy atom. The molecule has 0 aliphatic heterocycles. The molecule has 1 nitrogen and oxygen atoms in total. The van der Waals surface area contributed by atoms with Gasteiger partial charge >= 0.3 is 0 Å². The maximum atomic E-state index is 4.25. The summed E-state index contributed by atoms with van der Waals surface area (Å²) in [6.07, 6.45) is 4.23. The van der Waals surface area contributed by atoms with Crippen molar-refractivity contribution in [3.63, 3.8) is 0 Å². The van der Waals surface area contributed by atoms with Crippen LogP contribution in [0, 0.1) is 6.92 Å². The van der Waals surface area contributed by atoms with Crippen LogP contribution in [0.3, 0.4) is 0 Å². The van der Waals surface area contributed by atoms with Crippen LogP contribution in [0.4, 0.5) is 0 Å². The topological polar surface area (TPSA) is 12.9 Å². The van der Waals surface area contributed by atoms with Gasteiger partial charge < -0.3 is 0 Å². The van der Waals surface area contributed by atoms with Gasteiger partial charge in [-0.1, -0.05) is 6.07 Å². The zero-order chi connectivity index (χ0) is 7.03. The first kappa shape index (κ1) is 5.90. The lowest BCUT2D eigenvalue weighted by molar-refractivity contribution is 0.835. The molecule has 1 aromatic rings. The van der Waals surface area contributed by atoms with E-state index in [1.807, 2.05) is 18.3 Å². The molecular formula is C9H10N. The molecule has 0 bridgehead atoms. The van der Waals surface area contributed by atoms with Gasteiger partial charge in [-0.25, -0.2) is 0 Å². The molecule has 0 spiro atoms. The zero-order valence-corrected chi connectivity index (χ0v) is 5.88. The number of nitrogens with zero attached hydrogens (tertiary/aromatic N) is 1. The minimum Gasteiger partial charge on any atom is -0.261 e. The van der Waals surface area contributed by atoms with Gasteiger partial charge in [0, 0.05) is 17.3 Å². The summed E-state index contributed by atoms with van der Waals surface area (Å²) in [5, 5.41) is 0. The molecule has 1 fully saturated rings. The maximum Gasteiger partial charge on any atom is 0.0465 e. The zero-order valence-electron chi connectivity index (χ0n) is 5.88. The molecule has 1 heterocycles. The van der Waals surface area contributed by atoms with Crippen LogP contribution in [-0.2, 0) is 5.41 Å². The van der Waals surface area contributed by atoms with Crippen LogP contribution in [0.15, 0.2) is 24.4 Å². The van der Waals surface area contributed by atoms with Gasteiger partial charge in [0.2, 0.25) is 0 Å². The van der Waals surface area contributed by atoms with Crippen LogP contribution in [0.25, 0.3) is 0 Å². The Kier molecular flexibility index (Phi) is 1.07. The number of hydrogen-bond donors (Lipinski definition) is 0. The largest absolute Gasteiger partial charge is 0.261 e. The maximum absolute atomic E-state index is 4.25.